The first-order valence-electron chi connectivity index (χ1n) is 11.7. The number of carbonyl (C=O) groups excluding carboxylic acids is 2. The highest BCUT2D eigenvalue weighted by atomic mass is 19.1. The van der Waals surface area contributed by atoms with Crippen molar-refractivity contribution in [2.45, 2.75) is 32.3 Å². The highest BCUT2D eigenvalue weighted by molar-refractivity contribution is 6.05. The molecule has 2 aromatic rings. The minimum Gasteiger partial charge on any atom is -0.505 e. The van der Waals surface area contributed by atoms with Gasteiger partial charge in [0.25, 0.3) is 0 Å². The van der Waals surface area contributed by atoms with Crippen molar-refractivity contribution in [1.82, 2.24) is 4.90 Å². The number of phenolic OH excluding ortho intramolecular Hbond substituents is 1. The lowest BCUT2D eigenvalue weighted by Crippen LogP contribution is -2.33. The third kappa shape index (κ3) is 3.86. The first-order chi connectivity index (χ1) is 16.3. The number of allylic oxidation sites excluding steroid dienone is 2. The summed E-state index contributed by atoms with van der Waals surface area (Å²) in [5.74, 6) is -1.81. The first kappa shape index (κ1) is 22.5. The topological polar surface area (TPSA) is 66.8 Å². The molecule has 2 heterocycles. The van der Waals surface area contributed by atoms with Crippen molar-refractivity contribution >= 4 is 23.5 Å². The minimum atomic E-state index is -0.651. The van der Waals surface area contributed by atoms with Crippen molar-refractivity contribution in [3.8, 4) is 5.75 Å². The van der Waals surface area contributed by atoms with Crippen LogP contribution in [0.5, 0.6) is 5.75 Å². The molecular weight excluding hydrogens is 433 g/mol. The Hall–Kier alpha value is -3.25. The molecule has 4 atom stereocenters. The van der Waals surface area contributed by atoms with E-state index in [1.807, 2.05) is 36.4 Å². The number of carbonyl (C=O) groups is 2. The largest absolute Gasteiger partial charge is 0.505 e. The molecule has 5 nitrogen and oxygen atoms in total. The van der Waals surface area contributed by atoms with Gasteiger partial charge in [-0.05, 0) is 60.6 Å². The molecule has 0 aromatic heterocycles. The molecule has 0 spiro atoms. The summed E-state index contributed by atoms with van der Waals surface area (Å²) in [6.45, 7) is 2.52. The molecule has 3 aliphatic rings. The number of halogens is 1. The minimum absolute atomic E-state index is 0.0412. The van der Waals surface area contributed by atoms with E-state index in [1.54, 1.807) is 13.1 Å². The van der Waals surface area contributed by atoms with Crippen LogP contribution in [0.1, 0.15) is 37.3 Å². The van der Waals surface area contributed by atoms with Gasteiger partial charge in [0, 0.05) is 13.0 Å². The number of imide groups is 1. The number of hydrogen-bond acceptors (Lipinski definition) is 4. The molecule has 176 valence electrons. The Morgan fingerprint density at radius 2 is 1.91 bits per heavy atom. The zero-order chi connectivity index (χ0) is 24.0. The van der Waals surface area contributed by atoms with Gasteiger partial charge in [-0.25, -0.2) is 4.39 Å². The fourth-order valence-electron chi connectivity index (χ4n) is 5.84. The lowest BCUT2D eigenvalue weighted by atomic mass is 9.70. The maximum Gasteiger partial charge on any atom is 0.233 e. The second-order valence-electron chi connectivity index (χ2n) is 9.52. The third-order valence-electron chi connectivity index (χ3n) is 7.51. The van der Waals surface area contributed by atoms with Gasteiger partial charge in [0.1, 0.15) is 0 Å². The summed E-state index contributed by atoms with van der Waals surface area (Å²) in [6, 6.07) is 14.3. The first-order valence-corrected chi connectivity index (χ1v) is 11.7. The Balaban J connectivity index is 1.40. The Kier molecular flexibility index (Phi) is 5.86. The van der Waals surface area contributed by atoms with Gasteiger partial charge < -0.3 is 9.84 Å². The lowest BCUT2D eigenvalue weighted by Gasteiger charge is -2.30. The molecule has 34 heavy (non-hydrogen) atoms. The molecule has 2 amide bonds. The number of hydrogen-bond donors (Lipinski definition) is 1. The number of ether oxygens (including phenoxy) is 1. The van der Waals surface area contributed by atoms with E-state index < -0.39 is 5.82 Å². The molecule has 0 bridgehead atoms. The van der Waals surface area contributed by atoms with E-state index in [-0.39, 0.29) is 41.4 Å². The van der Waals surface area contributed by atoms with Gasteiger partial charge in [-0.15, -0.1) is 0 Å². The molecule has 1 aliphatic carbocycles. The number of phenols is 1. The maximum absolute atomic E-state index is 13.9. The van der Waals surface area contributed by atoms with Crippen molar-refractivity contribution in [3.63, 3.8) is 0 Å². The van der Waals surface area contributed by atoms with Gasteiger partial charge in [0.05, 0.1) is 24.5 Å². The van der Waals surface area contributed by atoms with Gasteiger partial charge >= 0.3 is 0 Å². The lowest BCUT2D eigenvalue weighted by molar-refractivity contribution is -0.138. The number of amides is 2. The number of aromatic hydroxyl groups is 1. The summed E-state index contributed by atoms with van der Waals surface area (Å²) in [4.78, 5) is 26.6. The van der Waals surface area contributed by atoms with Crippen molar-refractivity contribution in [2.75, 3.05) is 13.7 Å². The molecule has 5 rings (SSSR count). The van der Waals surface area contributed by atoms with Crippen LogP contribution >= 0.6 is 0 Å². The summed E-state index contributed by atoms with van der Waals surface area (Å²) in [5.41, 5.74) is 5.10. The molecule has 2 aromatic carbocycles. The number of rotatable bonds is 5. The van der Waals surface area contributed by atoms with Crippen molar-refractivity contribution < 1.29 is 23.8 Å². The second-order valence-corrected chi connectivity index (χ2v) is 9.52. The normalized spacial score (nSPS) is 26.8. The highest BCUT2D eigenvalue weighted by Gasteiger charge is 2.55. The molecule has 2 aliphatic heterocycles. The molecule has 0 radical (unpaired) electrons. The third-order valence-corrected chi connectivity index (χ3v) is 7.51. The van der Waals surface area contributed by atoms with Gasteiger partial charge in [0.2, 0.25) is 11.8 Å². The zero-order valence-electron chi connectivity index (χ0n) is 19.3. The van der Waals surface area contributed by atoms with Crippen molar-refractivity contribution in [1.29, 1.82) is 0 Å². The molecular formula is C28H28FNO4. The van der Waals surface area contributed by atoms with Crippen molar-refractivity contribution in [2.24, 2.45) is 17.8 Å². The number of nitrogens with zero attached hydrogens (tertiary/aromatic N) is 1. The van der Waals surface area contributed by atoms with Crippen LogP contribution in [0.4, 0.5) is 4.39 Å². The van der Waals surface area contributed by atoms with E-state index in [0.717, 1.165) is 23.1 Å². The Bertz CT molecular complexity index is 1200. The number of fused-ring (bicyclic) bond motifs is 3. The SMILES string of the molecule is CC1=C2[C@@H](CC/C(=C/c3ccc(O)c(F)c3)c3ccccc3)OC[C@@H]2[C@@H]2C(=O)N(C)C(=O)[C@@H]2C1. The number of likely N-dealkylation sites (tertiary alicyclic amines) is 1. The van der Waals surface area contributed by atoms with Gasteiger partial charge in [0.15, 0.2) is 11.6 Å². The maximum atomic E-state index is 13.9. The number of benzene rings is 2. The Morgan fingerprint density at radius 3 is 2.65 bits per heavy atom. The monoisotopic (exact) mass is 461 g/mol. The van der Waals surface area contributed by atoms with E-state index in [4.69, 9.17) is 4.74 Å². The smallest absolute Gasteiger partial charge is 0.233 e. The highest BCUT2D eigenvalue weighted by Crippen LogP contribution is 2.49. The van der Waals surface area contributed by atoms with E-state index in [1.165, 1.54) is 22.6 Å². The fraction of sp³-hybridized carbons (Fsp3) is 0.357. The molecule has 6 heteroatoms. The Labute approximate surface area is 198 Å². The van der Waals surface area contributed by atoms with Crippen molar-refractivity contribution in [3.05, 3.63) is 76.6 Å². The average Bonchev–Trinajstić information content (AvgIpc) is 3.35. The van der Waals surface area contributed by atoms with Gasteiger partial charge in [-0.1, -0.05) is 48.0 Å². The van der Waals surface area contributed by atoms with Crippen LogP contribution < -0.4 is 0 Å². The van der Waals surface area contributed by atoms with Crippen LogP contribution in [-0.4, -0.2) is 41.6 Å². The average molecular weight is 462 g/mol. The summed E-state index contributed by atoms with van der Waals surface area (Å²) < 4.78 is 20.1. The van der Waals surface area contributed by atoms with Crippen LogP contribution in [0.15, 0.2) is 59.7 Å². The van der Waals surface area contributed by atoms with Gasteiger partial charge in [-0.2, -0.15) is 0 Å². The predicted molar refractivity (Wildman–Crippen MR) is 127 cm³/mol. The summed E-state index contributed by atoms with van der Waals surface area (Å²) in [7, 11) is 1.58. The molecule has 2 saturated heterocycles. The van der Waals surface area contributed by atoms with Crippen LogP contribution in [0.3, 0.4) is 0 Å². The summed E-state index contributed by atoms with van der Waals surface area (Å²) >= 11 is 0. The predicted octanol–water partition coefficient (Wildman–Crippen LogP) is 4.82. The standard InChI is InChI=1S/C28H28FNO4/c1-16-12-20-26(28(33)30(2)27(20)32)21-15-34-24(25(16)21)11-9-19(18-6-4-3-5-7-18)13-17-8-10-23(31)22(29)14-17/h3-8,10,13-14,20-21,24,26,31H,9,11-12,15H2,1-2H3/b19-13-/t20-,21+,24-,26-/m1/s1. The molecule has 1 N–H and O–H groups in total. The van der Waals surface area contributed by atoms with Crippen LogP contribution in [-0.2, 0) is 14.3 Å². The van der Waals surface area contributed by atoms with Gasteiger partial charge in [-0.3, -0.25) is 14.5 Å². The van der Waals surface area contributed by atoms with Crippen LogP contribution in [0.25, 0.3) is 11.6 Å². The summed E-state index contributed by atoms with van der Waals surface area (Å²) in [5, 5.41) is 9.53. The van der Waals surface area contributed by atoms with E-state index in [9.17, 15) is 19.1 Å². The summed E-state index contributed by atoms with van der Waals surface area (Å²) in [6.07, 6.45) is 3.86. The zero-order valence-corrected chi connectivity index (χ0v) is 19.3. The fourth-order valence-corrected chi connectivity index (χ4v) is 5.84. The second kappa shape index (κ2) is 8.84. The van der Waals surface area contributed by atoms with E-state index in [0.29, 0.717) is 25.0 Å². The quantitative estimate of drug-likeness (QED) is 0.394. The van der Waals surface area contributed by atoms with Crippen LogP contribution in [0.2, 0.25) is 0 Å². The molecule has 0 saturated carbocycles. The molecule has 2 fully saturated rings. The van der Waals surface area contributed by atoms with E-state index >= 15 is 0 Å². The Morgan fingerprint density at radius 1 is 1.15 bits per heavy atom. The van der Waals surface area contributed by atoms with Crippen LogP contribution in [0, 0.1) is 23.6 Å². The molecule has 0 unspecified atom stereocenters. The van der Waals surface area contributed by atoms with E-state index in [2.05, 4.69) is 6.92 Å².